The second-order valence-electron chi connectivity index (χ2n) is 2.84. The SMILES string of the molecule is CCOc1ccc(F)c(C=O)c1CC. The molecule has 0 bridgehead atoms. The molecular weight excluding hydrogens is 183 g/mol. The van der Waals surface area contributed by atoms with E-state index in [4.69, 9.17) is 4.74 Å². The lowest BCUT2D eigenvalue weighted by Crippen LogP contribution is -2.01. The summed E-state index contributed by atoms with van der Waals surface area (Å²) in [6.45, 7) is 4.23. The second kappa shape index (κ2) is 4.74. The summed E-state index contributed by atoms with van der Waals surface area (Å²) in [7, 11) is 0. The minimum atomic E-state index is -0.486. The molecule has 1 aromatic carbocycles. The highest BCUT2D eigenvalue weighted by Gasteiger charge is 2.11. The zero-order valence-electron chi connectivity index (χ0n) is 8.34. The van der Waals surface area contributed by atoms with E-state index in [0.717, 1.165) is 0 Å². The first-order chi connectivity index (χ1) is 6.74. The monoisotopic (exact) mass is 196 g/mol. The van der Waals surface area contributed by atoms with Gasteiger partial charge in [0.25, 0.3) is 0 Å². The predicted octanol–water partition coefficient (Wildman–Crippen LogP) is 2.60. The highest BCUT2D eigenvalue weighted by molar-refractivity contribution is 5.79. The molecule has 3 heteroatoms. The van der Waals surface area contributed by atoms with E-state index in [1.165, 1.54) is 6.07 Å². The van der Waals surface area contributed by atoms with Gasteiger partial charge in [0.2, 0.25) is 0 Å². The molecule has 1 rings (SSSR count). The quantitative estimate of drug-likeness (QED) is 0.692. The molecule has 0 heterocycles. The van der Waals surface area contributed by atoms with E-state index in [-0.39, 0.29) is 5.56 Å². The number of halogens is 1. The highest BCUT2D eigenvalue weighted by Crippen LogP contribution is 2.24. The third-order valence-electron chi connectivity index (χ3n) is 2.03. The van der Waals surface area contributed by atoms with Crippen molar-refractivity contribution in [3.05, 3.63) is 29.1 Å². The molecule has 0 unspecified atom stereocenters. The molecule has 14 heavy (non-hydrogen) atoms. The summed E-state index contributed by atoms with van der Waals surface area (Å²) in [4.78, 5) is 10.7. The van der Waals surface area contributed by atoms with Crippen molar-refractivity contribution in [3.63, 3.8) is 0 Å². The van der Waals surface area contributed by atoms with Crippen molar-refractivity contribution in [2.24, 2.45) is 0 Å². The van der Waals surface area contributed by atoms with Crippen molar-refractivity contribution in [1.29, 1.82) is 0 Å². The number of hydrogen-bond donors (Lipinski definition) is 0. The van der Waals surface area contributed by atoms with Gasteiger partial charge in [-0.2, -0.15) is 0 Å². The third kappa shape index (κ3) is 1.92. The first-order valence-corrected chi connectivity index (χ1v) is 4.63. The molecule has 0 saturated heterocycles. The van der Waals surface area contributed by atoms with Crippen molar-refractivity contribution in [2.75, 3.05) is 6.61 Å². The molecule has 0 fully saturated rings. The van der Waals surface area contributed by atoms with Crippen LogP contribution in [0.2, 0.25) is 0 Å². The number of benzene rings is 1. The molecule has 0 amide bonds. The molecular formula is C11H13FO2. The highest BCUT2D eigenvalue weighted by atomic mass is 19.1. The Kier molecular flexibility index (Phi) is 3.63. The van der Waals surface area contributed by atoms with Gasteiger partial charge >= 0.3 is 0 Å². The lowest BCUT2D eigenvalue weighted by molar-refractivity contribution is 0.111. The summed E-state index contributed by atoms with van der Waals surface area (Å²) >= 11 is 0. The Morgan fingerprint density at radius 3 is 2.64 bits per heavy atom. The van der Waals surface area contributed by atoms with Crippen molar-refractivity contribution in [1.82, 2.24) is 0 Å². The van der Waals surface area contributed by atoms with Crippen molar-refractivity contribution >= 4 is 6.29 Å². The maximum absolute atomic E-state index is 13.2. The van der Waals surface area contributed by atoms with Gasteiger partial charge in [0, 0.05) is 5.56 Å². The lowest BCUT2D eigenvalue weighted by Gasteiger charge is -2.10. The number of hydrogen-bond acceptors (Lipinski definition) is 2. The van der Waals surface area contributed by atoms with Gasteiger partial charge in [0.1, 0.15) is 11.6 Å². The largest absolute Gasteiger partial charge is 0.494 e. The minimum absolute atomic E-state index is 0.110. The van der Waals surface area contributed by atoms with E-state index in [1.54, 1.807) is 6.07 Å². The summed E-state index contributed by atoms with van der Waals surface area (Å²) in [5, 5.41) is 0. The number of ether oxygens (including phenoxy) is 1. The van der Waals surface area contributed by atoms with Gasteiger partial charge in [-0.3, -0.25) is 4.79 Å². The lowest BCUT2D eigenvalue weighted by atomic mass is 10.0. The average Bonchev–Trinajstić information content (AvgIpc) is 2.20. The zero-order valence-corrected chi connectivity index (χ0v) is 8.34. The maximum atomic E-state index is 13.2. The summed E-state index contributed by atoms with van der Waals surface area (Å²) in [5.74, 6) is 0.110. The van der Waals surface area contributed by atoms with Crippen LogP contribution in [0.15, 0.2) is 12.1 Å². The average molecular weight is 196 g/mol. The molecule has 0 N–H and O–H groups in total. The summed E-state index contributed by atoms with van der Waals surface area (Å²) < 4.78 is 18.5. The van der Waals surface area contributed by atoms with E-state index >= 15 is 0 Å². The van der Waals surface area contributed by atoms with Gasteiger partial charge in [0.05, 0.1) is 12.2 Å². The van der Waals surface area contributed by atoms with Crippen LogP contribution in [0.4, 0.5) is 4.39 Å². The first kappa shape index (κ1) is 10.7. The van der Waals surface area contributed by atoms with Crippen molar-refractivity contribution < 1.29 is 13.9 Å². The van der Waals surface area contributed by atoms with Crippen LogP contribution in [0.3, 0.4) is 0 Å². The predicted molar refractivity (Wildman–Crippen MR) is 52.3 cm³/mol. The Bertz CT molecular complexity index is 334. The fraction of sp³-hybridized carbons (Fsp3) is 0.364. The Hall–Kier alpha value is -1.38. The fourth-order valence-electron chi connectivity index (χ4n) is 1.40. The number of carbonyl (C=O) groups is 1. The molecule has 0 radical (unpaired) electrons. The normalized spacial score (nSPS) is 9.93. The number of carbonyl (C=O) groups excluding carboxylic acids is 1. The van der Waals surface area contributed by atoms with Gasteiger partial charge in [-0.05, 0) is 25.5 Å². The van der Waals surface area contributed by atoms with Crippen LogP contribution in [-0.4, -0.2) is 12.9 Å². The molecule has 2 nitrogen and oxygen atoms in total. The Labute approximate surface area is 82.7 Å². The van der Waals surface area contributed by atoms with E-state index < -0.39 is 5.82 Å². The van der Waals surface area contributed by atoms with Gasteiger partial charge in [-0.15, -0.1) is 0 Å². The van der Waals surface area contributed by atoms with Crippen LogP contribution in [0.25, 0.3) is 0 Å². The summed E-state index contributed by atoms with van der Waals surface area (Å²) in [6, 6.07) is 2.82. The fourth-order valence-corrected chi connectivity index (χ4v) is 1.40. The Morgan fingerprint density at radius 2 is 2.14 bits per heavy atom. The van der Waals surface area contributed by atoms with Crippen LogP contribution in [0.5, 0.6) is 5.75 Å². The topological polar surface area (TPSA) is 26.3 Å². The molecule has 0 aromatic heterocycles. The van der Waals surface area contributed by atoms with Gasteiger partial charge < -0.3 is 4.74 Å². The minimum Gasteiger partial charge on any atom is -0.494 e. The van der Waals surface area contributed by atoms with Gasteiger partial charge in [0.15, 0.2) is 6.29 Å². The number of rotatable bonds is 4. The summed E-state index contributed by atoms with van der Waals surface area (Å²) in [5.41, 5.74) is 0.750. The molecule has 76 valence electrons. The molecule has 0 saturated carbocycles. The molecule has 0 atom stereocenters. The van der Waals surface area contributed by atoms with Crippen molar-refractivity contribution in [2.45, 2.75) is 20.3 Å². The van der Waals surface area contributed by atoms with Gasteiger partial charge in [-0.1, -0.05) is 6.92 Å². The second-order valence-corrected chi connectivity index (χ2v) is 2.84. The molecule has 0 spiro atoms. The standard InChI is InChI=1S/C11H13FO2/c1-3-8-9(7-13)10(12)5-6-11(8)14-4-2/h5-7H,3-4H2,1-2H3. The molecule has 1 aromatic rings. The van der Waals surface area contributed by atoms with E-state index in [1.807, 2.05) is 13.8 Å². The zero-order chi connectivity index (χ0) is 10.6. The molecule has 0 aliphatic rings. The van der Waals surface area contributed by atoms with Crippen LogP contribution in [0.1, 0.15) is 29.8 Å². The van der Waals surface area contributed by atoms with E-state index in [9.17, 15) is 9.18 Å². The first-order valence-electron chi connectivity index (χ1n) is 4.63. The number of aldehydes is 1. The molecule has 0 aliphatic heterocycles. The van der Waals surface area contributed by atoms with Crippen LogP contribution in [0, 0.1) is 5.82 Å². The smallest absolute Gasteiger partial charge is 0.153 e. The molecule has 0 aliphatic carbocycles. The van der Waals surface area contributed by atoms with E-state index in [0.29, 0.717) is 30.6 Å². The third-order valence-corrected chi connectivity index (χ3v) is 2.03. The summed E-state index contributed by atoms with van der Waals surface area (Å²) in [6.07, 6.45) is 1.12. The van der Waals surface area contributed by atoms with Crippen molar-refractivity contribution in [3.8, 4) is 5.75 Å². The van der Waals surface area contributed by atoms with Crippen LogP contribution < -0.4 is 4.74 Å². The van der Waals surface area contributed by atoms with Crippen LogP contribution >= 0.6 is 0 Å². The van der Waals surface area contributed by atoms with Crippen LogP contribution in [-0.2, 0) is 6.42 Å². The maximum Gasteiger partial charge on any atom is 0.153 e. The Morgan fingerprint density at radius 1 is 1.43 bits per heavy atom. The Balaban J connectivity index is 3.25. The van der Waals surface area contributed by atoms with Gasteiger partial charge in [-0.25, -0.2) is 4.39 Å². The van der Waals surface area contributed by atoms with E-state index in [2.05, 4.69) is 0 Å².